The maximum Gasteiger partial charge on any atom is 0.305 e. The summed E-state index contributed by atoms with van der Waals surface area (Å²) >= 11 is 0. The van der Waals surface area contributed by atoms with Gasteiger partial charge in [0.15, 0.2) is 5.79 Å². The molecule has 18 heavy (non-hydrogen) atoms. The van der Waals surface area contributed by atoms with Crippen LogP contribution in [0.2, 0.25) is 0 Å². The first-order valence-electron chi connectivity index (χ1n) is 6.62. The van der Waals surface area contributed by atoms with Crippen LogP contribution in [-0.2, 0) is 14.3 Å². The third-order valence-corrected chi connectivity index (χ3v) is 2.32. The van der Waals surface area contributed by atoms with Crippen LogP contribution in [-0.4, -0.2) is 35.6 Å². The van der Waals surface area contributed by atoms with E-state index in [2.05, 4.69) is 13.8 Å². The van der Waals surface area contributed by atoms with Gasteiger partial charge in [-0.1, -0.05) is 20.3 Å². The fourth-order valence-corrected chi connectivity index (χ4v) is 1.90. The van der Waals surface area contributed by atoms with E-state index in [4.69, 9.17) is 20.3 Å². The molecule has 5 nitrogen and oxygen atoms in total. The van der Waals surface area contributed by atoms with E-state index in [1.54, 1.807) is 13.8 Å². The van der Waals surface area contributed by atoms with E-state index >= 15 is 0 Å². The van der Waals surface area contributed by atoms with Gasteiger partial charge < -0.3 is 20.3 Å². The van der Waals surface area contributed by atoms with Crippen LogP contribution in [0.1, 0.15) is 53.4 Å². The first kappa shape index (κ1) is 17.4. The van der Waals surface area contributed by atoms with Crippen molar-refractivity contribution in [2.24, 2.45) is 5.73 Å². The van der Waals surface area contributed by atoms with Gasteiger partial charge >= 0.3 is 5.97 Å². The Labute approximate surface area is 110 Å². The van der Waals surface area contributed by atoms with Gasteiger partial charge in [-0.05, 0) is 26.8 Å². The van der Waals surface area contributed by atoms with Gasteiger partial charge in [-0.15, -0.1) is 0 Å². The molecule has 3 N–H and O–H groups in total. The number of ether oxygens (including phenoxy) is 2. The lowest BCUT2D eigenvalue weighted by Crippen LogP contribution is -2.45. The van der Waals surface area contributed by atoms with Crippen LogP contribution >= 0.6 is 0 Å². The number of rotatable bonds is 4. The number of nitrogens with two attached hydrogens (primary N) is 1. The van der Waals surface area contributed by atoms with Gasteiger partial charge in [0.1, 0.15) is 0 Å². The summed E-state index contributed by atoms with van der Waals surface area (Å²) in [7, 11) is 0. The highest BCUT2D eigenvalue weighted by Crippen LogP contribution is 2.29. The molecule has 0 saturated carbocycles. The minimum atomic E-state index is -0.843. The Kier molecular flexibility index (Phi) is 8.15. The average molecular weight is 261 g/mol. The SMILES string of the molecule is CC1(C)O[C@H](CCN)C[C@H](CC(=O)O)O1.CCC. The first-order valence-corrected chi connectivity index (χ1v) is 6.62. The first-order chi connectivity index (χ1) is 8.34. The fraction of sp³-hybridized carbons (Fsp3) is 0.923. The molecule has 1 fully saturated rings. The molecule has 5 heteroatoms. The number of hydrogen-bond acceptors (Lipinski definition) is 4. The molecule has 0 unspecified atom stereocenters. The molecule has 1 heterocycles. The van der Waals surface area contributed by atoms with Crippen molar-refractivity contribution in [2.45, 2.75) is 71.4 Å². The molecule has 0 aliphatic carbocycles. The van der Waals surface area contributed by atoms with Crippen molar-refractivity contribution in [3.05, 3.63) is 0 Å². The molecular formula is C13H27NO4. The number of carboxylic acids is 1. The molecule has 0 amide bonds. The highest BCUT2D eigenvalue weighted by molar-refractivity contribution is 5.67. The van der Waals surface area contributed by atoms with E-state index in [1.807, 2.05) is 0 Å². The third-order valence-electron chi connectivity index (χ3n) is 2.32. The van der Waals surface area contributed by atoms with Gasteiger partial charge in [0.05, 0.1) is 18.6 Å². The van der Waals surface area contributed by atoms with E-state index in [1.165, 1.54) is 6.42 Å². The van der Waals surface area contributed by atoms with Crippen LogP contribution in [0, 0.1) is 0 Å². The second-order valence-corrected chi connectivity index (χ2v) is 5.00. The van der Waals surface area contributed by atoms with Crippen molar-refractivity contribution < 1.29 is 19.4 Å². The van der Waals surface area contributed by atoms with Crippen LogP contribution in [0.5, 0.6) is 0 Å². The van der Waals surface area contributed by atoms with Gasteiger partial charge in [-0.25, -0.2) is 0 Å². The van der Waals surface area contributed by atoms with Crippen molar-refractivity contribution >= 4 is 5.97 Å². The highest BCUT2D eigenvalue weighted by atomic mass is 16.7. The second-order valence-electron chi connectivity index (χ2n) is 5.00. The molecule has 0 aromatic carbocycles. The minimum Gasteiger partial charge on any atom is -0.481 e. The molecule has 108 valence electrons. The van der Waals surface area contributed by atoms with Gasteiger partial charge in [0, 0.05) is 6.42 Å². The highest BCUT2D eigenvalue weighted by Gasteiger charge is 2.35. The maximum atomic E-state index is 10.6. The number of aliphatic carboxylic acids is 1. The Morgan fingerprint density at radius 1 is 1.33 bits per heavy atom. The molecule has 2 atom stereocenters. The Morgan fingerprint density at radius 3 is 2.28 bits per heavy atom. The van der Waals surface area contributed by atoms with Crippen LogP contribution in [0.3, 0.4) is 0 Å². The van der Waals surface area contributed by atoms with Gasteiger partial charge in [-0.2, -0.15) is 0 Å². The van der Waals surface area contributed by atoms with E-state index in [-0.39, 0.29) is 18.6 Å². The molecule has 1 aliphatic rings. The Bertz CT molecular complexity index is 243. The summed E-state index contributed by atoms with van der Waals surface area (Å²) in [5, 5.41) is 8.71. The predicted octanol–water partition coefficient (Wildman–Crippen LogP) is 2.14. The fourth-order valence-electron chi connectivity index (χ4n) is 1.90. The summed E-state index contributed by atoms with van der Waals surface area (Å²) in [6.07, 6.45) is 2.34. The molecule has 0 spiro atoms. The molecule has 0 bridgehead atoms. The lowest BCUT2D eigenvalue weighted by atomic mass is 10.0. The van der Waals surface area contributed by atoms with E-state index in [0.29, 0.717) is 13.0 Å². The molecule has 1 aliphatic heterocycles. The molecule has 0 aromatic heterocycles. The molecule has 1 saturated heterocycles. The predicted molar refractivity (Wildman–Crippen MR) is 70.3 cm³/mol. The standard InChI is InChI=1S/C10H19NO4.C3H8/c1-10(2)14-7(3-4-11)5-8(15-10)6-9(12)13;1-3-2/h7-8H,3-6,11H2,1-2H3,(H,12,13);3H2,1-2H3/t7-,8-;/m1./s1. The molecule has 1 rings (SSSR count). The molecule has 0 radical (unpaired) electrons. The van der Waals surface area contributed by atoms with Crippen LogP contribution < -0.4 is 5.73 Å². The van der Waals surface area contributed by atoms with E-state index in [0.717, 1.165) is 6.42 Å². The van der Waals surface area contributed by atoms with Crippen molar-refractivity contribution in [2.75, 3.05) is 6.54 Å². The van der Waals surface area contributed by atoms with E-state index < -0.39 is 11.8 Å². The van der Waals surface area contributed by atoms with Gasteiger partial charge in [-0.3, -0.25) is 4.79 Å². The van der Waals surface area contributed by atoms with Crippen molar-refractivity contribution in [3.8, 4) is 0 Å². The van der Waals surface area contributed by atoms with Crippen molar-refractivity contribution in [1.29, 1.82) is 0 Å². The van der Waals surface area contributed by atoms with Crippen LogP contribution in [0.4, 0.5) is 0 Å². The van der Waals surface area contributed by atoms with Crippen molar-refractivity contribution in [3.63, 3.8) is 0 Å². The smallest absolute Gasteiger partial charge is 0.305 e. The minimum absolute atomic E-state index is 0.00287. The Morgan fingerprint density at radius 2 is 1.83 bits per heavy atom. The Balaban J connectivity index is 0.000000873. The summed E-state index contributed by atoms with van der Waals surface area (Å²) in [4.78, 5) is 10.6. The second kappa shape index (κ2) is 8.45. The van der Waals surface area contributed by atoms with Gasteiger partial charge in [0.25, 0.3) is 0 Å². The summed E-state index contributed by atoms with van der Waals surface area (Å²) in [5.74, 6) is -1.55. The number of carbonyl (C=O) groups is 1. The summed E-state index contributed by atoms with van der Waals surface area (Å²) in [6, 6.07) is 0. The monoisotopic (exact) mass is 261 g/mol. The lowest BCUT2D eigenvalue weighted by Gasteiger charge is -2.40. The lowest BCUT2D eigenvalue weighted by molar-refractivity contribution is -0.300. The van der Waals surface area contributed by atoms with Gasteiger partial charge in [0.2, 0.25) is 0 Å². The summed E-state index contributed by atoms with van der Waals surface area (Å²) < 4.78 is 11.1. The number of hydrogen-bond donors (Lipinski definition) is 2. The van der Waals surface area contributed by atoms with Crippen LogP contribution in [0.15, 0.2) is 0 Å². The van der Waals surface area contributed by atoms with E-state index in [9.17, 15) is 4.79 Å². The normalized spacial score (nSPS) is 26.1. The maximum absolute atomic E-state index is 10.6. The largest absolute Gasteiger partial charge is 0.481 e. The molecule has 0 aromatic rings. The number of carboxylic acid groups (broad SMARTS) is 1. The van der Waals surface area contributed by atoms with Crippen LogP contribution in [0.25, 0.3) is 0 Å². The Hall–Kier alpha value is -0.650. The zero-order chi connectivity index (χ0) is 14.2. The third kappa shape index (κ3) is 7.63. The molecular weight excluding hydrogens is 234 g/mol. The zero-order valence-corrected chi connectivity index (χ0v) is 11.9. The summed E-state index contributed by atoms with van der Waals surface area (Å²) in [6.45, 7) is 8.38. The summed E-state index contributed by atoms with van der Waals surface area (Å²) in [5.41, 5.74) is 5.46. The average Bonchev–Trinajstić information content (AvgIpc) is 2.14. The van der Waals surface area contributed by atoms with Crippen molar-refractivity contribution in [1.82, 2.24) is 0 Å². The zero-order valence-electron chi connectivity index (χ0n) is 11.9. The quantitative estimate of drug-likeness (QED) is 0.810. The topological polar surface area (TPSA) is 81.8 Å².